The van der Waals surface area contributed by atoms with E-state index in [1.165, 1.54) is 29.7 Å². The van der Waals surface area contributed by atoms with Crippen molar-refractivity contribution in [2.75, 3.05) is 6.54 Å². The Bertz CT molecular complexity index is 590. The van der Waals surface area contributed by atoms with Crippen LogP contribution >= 0.6 is 22.9 Å². The first-order chi connectivity index (χ1) is 9.76. The minimum atomic E-state index is 0.372. The molecule has 0 amide bonds. The molecule has 1 heterocycles. The molecule has 0 saturated heterocycles. The average Bonchev–Trinajstić information content (AvgIpc) is 3.06. The molecule has 0 spiro atoms. The molecule has 1 aromatic heterocycles. The maximum Gasteiger partial charge on any atom is 0.0931 e. The van der Waals surface area contributed by atoms with Gasteiger partial charge in [-0.1, -0.05) is 36.7 Å². The van der Waals surface area contributed by atoms with Crippen LogP contribution in [-0.2, 0) is 19.3 Å². The van der Waals surface area contributed by atoms with Crippen molar-refractivity contribution in [3.05, 3.63) is 56.2 Å². The zero-order valence-electron chi connectivity index (χ0n) is 11.8. The Labute approximate surface area is 130 Å². The van der Waals surface area contributed by atoms with Crippen molar-refractivity contribution in [2.45, 2.75) is 38.6 Å². The summed E-state index contributed by atoms with van der Waals surface area (Å²) in [6, 6.07) is 11.5. The average molecular weight is 306 g/mol. The number of thiophene rings is 1. The van der Waals surface area contributed by atoms with Gasteiger partial charge in [-0.05, 0) is 61.1 Å². The molecule has 0 bridgehead atoms. The lowest BCUT2D eigenvalue weighted by atomic mass is 10.00. The lowest BCUT2D eigenvalue weighted by Crippen LogP contribution is -2.22. The van der Waals surface area contributed by atoms with E-state index in [0.29, 0.717) is 6.04 Å². The highest BCUT2D eigenvalue weighted by Crippen LogP contribution is 2.30. The Kier molecular flexibility index (Phi) is 4.45. The standard InChI is InChI=1S/C17H20ClNS/c1-2-19-15(16-8-9-17(18)20-16)11-12-6-7-13-4-3-5-14(13)10-12/h6-10,15,19H,2-5,11H2,1H3. The lowest BCUT2D eigenvalue weighted by molar-refractivity contribution is 0.558. The molecule has 0 saturated carbocycles. The summed E-state index contributed by atoms with van der Waals surface area (Å²) in [5.41, 5.74) is 4.54. The van der Waals surface area contributed by atoms with E-state index in [9.17, 15) is 0 Å². The number of hydrogen-bond acceptors (Lipinski definition) is 2. The quantitative estimate of drug-likeness (QED) is 0.838. The monoisotopic (exact) mass is 305 g/mol. The number of fused-ring (bicyclic) bond motifs is 1. The molecule has 106 valence electrons. The largest absolute Gasteiger partial charge is 0.309 e. The van der Waals surface area contributed by atoms with Gasteiger partial charge in [0.2, 0.25) is 0 Å². The van der Waals surface area contributed by atoms with Crippen molar-refractivity contribution in [1.82, 2.24) is 5.32 Å². The molecule has 0 radical (unpaired) electrons. The van der Waals surface area contributed by atoms with Gasteiger partial charge < -0.3 is 5.32 Å². The van der Waals surface area contributed by atoms with Crippen molar-refractivity contribution in [1.29, 1.82) is 0 Å². The Balaban J connectivity index is 1.79. The highest BCUT2D eigenvalue weighted by Gasteiger charge is 2.16. The minimum absolute atomic E-state index is 0.372. The number of nitrogens with one attached hydrogen (secondary N) is 1. The molecule has 1 N–H and O–H groups in total. The van der Waals surface area contributed by atoms with E-state index < -0.39 is 0 Å². The Morgan fingerprint density at radius 3 is 2.80 bits per heavy atom. The number of benzene rings is 1. The first-order valence-corrected chi connectivity index (χ1v) is 8.55. The second kappa shape index (κ2) is 6.30. The summed E-state index contributed by atoms with van der Waals surface area (Å²) in [5.74, 6) is 0. The molecule has 2 aromatic rings. The summed E-state index contributed by atoms with van der Waals surface area (Å²) >= 11 is 7.76. The van der Waals surface area contributed by atoms with E-state index in [4.69, 9.17) is 11.6 Å². The summed E-state index contributed by atoms with van der Waals surface area (Å²) in [5, 5.41) is 3.58. The molecule has 1 atom stereocenters. The van der Waals surface area contributed by atoms with Gasteiger partial charge in [-0.15, -0.1) is 11.3 Å². The maximum atomic E-state index is 6.08. The molecule has 1 aliphatic rings. The molecule has 3 rings (SSSR count). The lowest BCUT2D eigenvalue weighted by Gasteiger charge is -2.17. The van der Waals surface area contributed by atoms with Crippen molar-refractivity contribution in [2.24, 2.45) is 0 Å². The van der Waals surface area contributed by atoms with Gasteiger partial charge in [0, 0.05) is 10.9 Å². The van der Waals surface area contributed by atoms with Crippen LogP contribution in [0.3, 0.4) is 0 Å². The molecular weight excluding hydrogens is 286 g/mol. The number of halogens is 1. The second-order valence-corrected chi connectivity index (χ2v) is 7.16. The second-order valence-electron chi connectivity index (χ2n) is 5.41. The molecule has 1 unspecified atom stereocenters. The molecule has 1 aliphatic carbocycles. The summed E-state index contributed by atoms with van der Waals surface area (Å²) in [6.45, 7) is 3.13. The summed E-state index contributed by atoms with van der Waals surface area (Å²) < 4.78 is 0.872. The van der Waals surface area contributed by atoms with Crippen molar-refractivity contribution >= 4 is 22.9 Å². The predicted molar refractivity (Wildman–Crippen MR) is 87.9 cm³/mol. The third-order valence-electron chi connectivity index (χ3n) is 3.99. The van der Waals surface area contributed by atoms with Crippen molar-refractivity contribution in [3.8, 4) is 0 Å². The SMILES string of the molecule is CCNC(Cc1ccc2c(c1)CCC2)c1ccc(Cl)s1. The Hall–Kier alpha value is -0.830. The number of aryl methyl sites for hydroxylation is 2. The molecule has 0 fully saturated rings. The minimum Gasteiger partial charge on any atom is -0.309 e. The van der Waals surface area contributed by atoms with Gasteiger partial charge in [-0.3, -0.25) is 0 Å². The number of likely N-dealkylation sites (N-methyl/N-ethyl adjacent to an activating group) is 1. The van der Waals surface area contributed by atoms with E-state index >= 15 is 0 Å². The van der Waals surface area contributed by atoms with Crippen LogP contribution in [0.5, 0.6) is 0 Å². The summed E-state index contributed by atoms with van der Waals surface area (Å²) in [4.78, 5) is 1.33. The fraction of sp³-hybridized carbons (Fsp3) is 0.412. The van der Waals surface area contributed by atoms with E-state index in [-0.39, 0.29) is 0 Å². The molecule has 1 nitrogen and oxygen atoms in total. The van der Waals surface area contributed by atoms with Gasteiger partial charge in [-0.2, -0.15) is 0 Å². The first kappa shape index (κ1) is 14.1. The van der Waals surface area contributed by atoms with Gasteiger partial charge in [0.25, 0.3) is 0 Å². The van der Waals surface area contributed by atoms with Gasteiger partial charge in [0.05, 0.1) is 4.34 Å². The maximum absolute atomic E-state index is 6.08. The zero-order chi connectivity index (χ0) is 13.9. The third-order valence-corrected chi connectivity index (χ3v) is 5.34. The van der Waals surface area contributed by atoms with Gasteiger partial charge >= 0.3 is 0 Å². The molecule has 20 heavy (non-hydrogen) atoms. The predicted octanol–water partition coefficient (Wildman–Crippen LogP) is 4.78. The van der Waals surface area contributed by atoms with Crippen LogP contribution in [0.4, 0.5) is 0 Å². The highest BCUT2D eigenvalue weighted by molar-refractivity contribution is 7.16. The number of hydrogen-bond donors (Lipinski definition) is 1. The zero-order valence-corrected chi connectivity index (χ0v) is 13.4. The summed E-state index contributed by atoms with van der Waals surface area (Å²) in [6.07, 6.45) is 4.86. The molecule has 1 aromatic carbocycles. The normalized spacial score (nSPS) is 15.3. The van der Waals surface area contributed by atoms with Gasteiger partial charge in [0.15, 0.2) is 0 Å². The molecule has 0 aliphatic heterocycles. The fourth-order valence-electron chi connectivity index (χ4n) is 3.02. The van der Waals surface area contributed by atoms with Crippen LogP contribution in [0.1, 0.15) is 41.0 Å². The van der Waals surface area contributed by atoms with Crippen LogP contribution in [0, 0.1) is 0 Å². The first-order valence-electron chi connectivity index (χ1n) is 7.35. The number of rotatable bonds is 5. The molecular formula is C17H20ClNS. The van der Waals surface area contributed by atoms with E-state index in [1.807, 2.05) is 6.07 Å². The van der Waals surface area contributed by atoms with Gasteiger partial charge in [0.1, 0.15) is 0 Å². The van der Waals surface area contributed by atoms with Gasteiger partial charge in [-0.25, -0.2) is 0 Å². The van der Waals surface area contributed by atoms with Crippen LogP contribution in [0.2, 0.25) is 4.34 Å². The van der Waals surface area contributed by atoms with E-state index in [1.54, 1.807) is 22.5 Å². The highest BCUT2D eigenvalue weighted by atomic mass is 35.5. The van der Waals surface area contributed by atoms with E-state index in [0.717, 1.165) is 17.3 Å². The summed E-state index contributed by atoms with van der Waals surface area (Å²) in [7, 11) is 0. The van der Waals surface area contributed by atoms with Crippen molar-refractivity contribution < 1.29 is 0 Å². The van der Waals surface area contributed by atoms with Crippen LogP contribution in [0.15, 0.2) is 30.3 Å². The Morgan fingerprint density at radius 2 is 2.05 bits per heavy atom. The fourth-order valence-corrected chi connectivity index (χ4v) is 4.16. The van der Waals surface area contributed by atoms with Crippen LogP contribution in [0.25, 0.3) is 0 Å². The van der Waals surface area contributed by atoms with Crippen molar-refractivity contribution in [3.63, 3.8) is 0 Å². The van der Waals surface area contributed by atoms with Crippen LogP contribution < -0.4 is 5.32 Å². The third kappa shape index (κ3) is 3.08. The van der Waals surface area contributed by atoms with Crippen LogP contribution in [-0.4, -0.2) is 6.54 Å². The van der Waals surface area contributed by atoms with E-state index in [2.05, 4.69) is 36.5 Å². The molecule has 3 heteroatoms. The Morgan fingerprint density at radius 1 is 1.20 bits per heavy atom. The topological polar surface area (TPSA) is 12.0 Å². The smallest absolute Gasteiger partial charge is 0.0931 e.